The first kappa shape index (κ1) is 15.3. The average molecular weight is 295 g/mol. The molecule has 6 heteroatoms. The van der Waals surface area contributed by atoms with Gasteiger partial charge in [0.15, 0.2) is 0 Å². The van der Waals surface area contributed by atoms with Gasteiger partial charge in [0.05, 0.1) is 0 Å². The Bertz CT molecular complexity index is 592. The van der Waals surface area contributed by atoms with E-state index in [1.54, 1.807) is 0 Å². The fraction of sp³-hybridized carbons (Fsp3) is 0.333. The fourth-order valence-electron chi connectivity index (χ4n) is 1.80. The number of aromatic nitrogens is 2. The first-order valence-corrected chi connectivity index (χ1v) is 6.59. The highest BCUT2D eigenvalue weighted by Gasteiger charge is 2.32. The summed E-state index contributed by atoms with van der Waals surface area (Å²) in [7, 11) is 0. The van der Waals surface area contributed by atoms with E-state index in [9.17, 15) is 13.2 Å². The van der Waals surface area contributed by atoms with Crippen LogP contribution in [-0.2, 0) is 12.7 Å². The third-order valence-electron chi connectivity index (χ3n) is 3.04. The quantitative estimate of drug-likeness (QED) is 0.917. The Morgan fingerprint density at radius 1 is 1.10 bits per heavy atom. The molecule has 2 rings (SSSR count). The van der Waals surface area contributed by atoms with E-state index in [-0.39, 0.29) is 5.95 Å². The summed E-state index contributed by atoms with van der Waals surface area (Å²) in [6.45, 7) is 4.58. The molecule has 3 nitrogen and oxygen atoms in total. The molecule has 0 unspecified atom stereocenters. The molecule has 112 valence electrons. The van der Waals surface area contributed by atoms with Crippen molar-refractivity contribution in [2.45, 2.75) is 32.5 Å². The van der Waals surface area contributed by atoms with Gasteiger partial charge in [-0.3, -0.25) is 0 Å². The molecule has 0 radical (unpaired) electrons. The van der Waals surface area contributed by atoms with Crippen LogP contribution in [0.2, 0.25) is 0 Å². The third-order valence-corrected chi connectivity index (χ3v) is 3.04. The lowest BCUT2D eigenvalue weighted by atomic mass is 10.0. The van der Waals surface area contributed by atoms with E-state index in [0.29, 0.717) is 12.5 Å². The van der Waals surface area contributed by atoms with E-state index in [2.05, 4.69) is 29.1 Å². The molecular formula is C15H16F3N3. The maximum atomic E-state index is 12.5. The second-order valence-electron chi connectivity index (χ2n) is 5.01. The van der Waals surface area contributed by atoms with Crippen LogP contribution in [-0.4, -0.2) is 9.97 Å². The zero-order valence-electron chi connectivity index (χ0n) is 11.8. The molecule has 0 amide bonds. The Balaban J connectivity index is 2.03. The van der Waals surface area contributed by atoms with Gasteiger partial charge < -0.3 is 5.32 Å². The number of nitrogens with zero attached hydrogens (tertiary/aromatic N) is 2. The number of hydrogen-bond acceptors (Lipinski definition) is 3. The Labute approximate surface area is 121 Å². The molecule has 0 fully saturated rings. The average Bonchev–Trinajstić information content (AvgIpc) is 2.45. The summed E-state index contributed by atoms with van der Waals surface area (Å²) >= 11 is 0. The first-order valence-electron chi connectivity index (χ1n) is 6.59. The second-order valence-corrected chi connectivity index (χ2v) is 5.01. The maximum absolute atomic E-state index is 12.5. The Morgan fingerprint density at radius 3 is 2.33 bits per heavy atom. The van der Waals surface area contributed by atoms with Crippen molar-refractivity contribution in [3.05, 3.63) is 53.3 Å². The zero-order chi connectivity index (χ0) is 15.5. The van der Waals surface area contributed by atoms with Crippen molar-refractivity contribution in [1.29, 1.82) is 0 Å². The molecule has 0 aliphatic heterocycles. The molecular weight excluding hydrogens is 279 g/mol. The van der Waals surface area contributed by atoms with Crippen molar-refractivity contribution < 1.29 is 13.2 Å². The van der Waals surface area contributed by atoms with Gasteiger partial charge in [0.25, 0.3) is 0 Å². The minimum atomic E-state index is -4.46. The molecule has 0 aliphatic rings. The molecule has 0 atom stereocenters. The maximum Gasteiger partial charge on any atom is 0.433 e. The van der Waals surface area contributed by atoms with E-state index in [1.807, 2.05) is 24.3 Å². The molecule has 0 aliphatic carbocycles. The number of halogens is 3. The smallest absolute Gasteiger partial charge is 0.350 e. The van der Waals surface area contributed by atoms with Crippen LogP contribution in [0.25, 0.3) is 0 Å². The summed E-state index contributed by atoms with van der Waals surface area (Å²) in [5.74, 6) is 0.413. The van der Waals surface area contributed by atoms with Crippen molar-refractivity contribution >= 4 is 5.95 Å². The van der Waals surface area contributed by atoms with Crippen molar-refractivity contribution in [2.75, 3.05) is 5.32 Å². The highest BCUT2D eigenvalue weighted by Crippen LogP contribution is 2.27. The van der Waals surface area contributed by atoms with Crippen LogP contribution in [0.1, 0.15) is 36.6 Å². The standard InChI is InChI=1S/C15H16F3N3/c1-10(2)12-5-3-11(4-6-12)9-20-14-19-8-7-13(21-14)15(16,17)18/h3-8,10H,9H2,1-2H3,(H,19,20,21). The van der Waals surface area contributed by atoms with Crippen LogP contribution in [0, 0.1) is 0 Å². The van der Waals surface area contributed by atoms with E-state index in [0.717, 1.165) is 17.8 Å². The van der Waals surface area contributed by atoms with E-state index in [1.165, 1.54) is 5.56 Å². The molecule has 0 saturated heterocycles. The summed E-state index contributed by atoms with van der Waals surface area (Å²) in [6, 6.07) is 8.75. The summed E-state index contributed by atoms with van der Waals surface area (Å²) in [4.78, 5) is 7.25. The van der Waals surface area contributed by atoms with Gasteiger partial charge in [-0.05, 0) is 23.1 Å². The van der Waals surface area contributed by atoms with E-state index < -0.39 is 11.9 Å². The lowest BCUT2D eigenvalue weighted by molar-refractivity contribution is -0.141. The predicted octanol–water partition coefficient (Wildman–Crippen LogP) is 4.23. The van der Waals surface area contributed by atoms with Crippen molar-refractivity contribution in [2.24, 2.45) is 0 Å². The van der Waals surface area contributed by atoms with Crippen LogP contribution in [0.15, 0.2) is 36.5 Å². The Morgan fingerprint density at radius 2 is 1.76 bits per heavy atom. The molecule has 1 aromatic carbocycles. The van der Waals surface area contributed by atoms with Gasteiger partial charge in [-0.25, -0.2) is 9.97 Å². The molecule has 1 N–H and O–H groups in total. The van der Waals surface area contributed by atoms with Crippen LogP contribution >= 0.6 is 0 Å². The molecule has 21 heavy (non-hydrogen) atoms. The number of hydrogen-bond donors (Lipinski definition) is 1. The van der Waals surface area contributed by atoms with Crippen LogP contribution in [0.3, 0.4) is 0 Å². The van der Waals surface area contributed by atoms with Gasteiger partial charge in [-0.2, -0.15) is 13.2 Å². The molecule has 1 aromatic heterocycles. The minimum absolute atomic E-state index is 0.0299. The molecule has 0 spiro atoms. The lowest BCUT2D eigenvalue weighted by Gasteiger charge is -2.10. The van der Waals surface area contributed by atoms with Crippen LogP contribution in [0.5, 0.6) is 0 Å². The highest BCUT2D eigenvalue weighted by atomic mass is 19.4. The van der Waals surface area contributed by atoms with Gasteiger partial charge >= 0.3 is 6.18 Å². The summed E-state index contributed by atoms with van der Waals surface area (Å²) in [5, 5.41) is 2.80. The van der Waals surface area contributed by atoms with Gasteiger partial charge in [-0.1, -0.05) is 38.1 Å². The number of alkyl halides is 3. The minimum Gasteiger partial charge on any atom is -0.350 e. The normalized spacial score (nSPS) is 11.7. The SMILES string of the molecule is CC(C)c1ccc(CNc2nccc(C(F)(F)F)n2)cc1. The topological polar surface area (TPSA) is 37.8 Å². The highest BCUT2D eigenvalue weighted by molar-refractivity contribution is 5.31. The fourth-order valence-corrected chi connectivity index (χ4v) is 1.80. The number of benzene rings is 1. The Hall–Kier alpha value is -2.11. The molecule has 2 aromatic rings. The van der Waals surface area contributed by atoms with Crippen LogP contribution in [0.4, 0.5) is 19.1 Å². The van der Waals surface area contributed by atoms with Crippen LogP contribution < -0.4 is 5.32 Å². The lowest BCUT2D eigenvalue weighted by Crippen LogP contribution is -2.11. The van der Waals surface area contributed by atoms with Crippen molar-refractivity contribution in [3.8, 4) is 0 Å². The van der Waals surface area contributed by atoms with Crippen molar-refractivity contribution in [1.82, 2.24) is 9.97 Å². The van der Waals surface area contributed by atoms with Crippen molar-refractivity contribution in [3.63, 3.8) is 0 Å². The first-order chi connectivity index (χ1) is 9.86. The molecule has 0 saturated carbocycles. The van der Waals surface area contributed by atoms with E-state index in [4.69, 9.17) is 0 Å². The monoisotopic (exact) mass is 295 g/mol. The number of nitrogens with one attached hydrogen (secondary N) is 1. The Kier molecular flexibility index (Phi) is 4.45. The van der Waals surface area contributed by atoms with Gasteiger partial charge in [0, 0.05) is 12.7 Å². The summed E-state index contributed by atoms with van der Waals surface area (Å²) in [6.07, 6.45) is -3.36. The van der Waals surface area contributed by atoms with Gasteiger partial charge in [-0.15, -0.1) is 0 Å². The summed E-state index contributed by atoms with van der Waals surface area (Å²) in [5.41, 5.74) is 1.23. The predicted molar refractivity (Wildman–Crippen MR) is 74.9 cm³/mol. The number of rotatable bonds is 4. The van der Waals surface area contributed by atoms with E-state index >= 15 is 0 Å². The summed E-state index contributed by atoms with van der Waals surface area (Å²) < 4.78 is 37.6. The molecule has 0 bridgehead atoms. The van der Waals surface area contributed by atoms with Gasteiger partial charge in [0.2, 0.25) is 5.95 Å². The molecule has 1 heterocycles. The number of anilines is 1. The van der Waals surface area contributed by atoms with Gasteiger partial charge in [0.1, 0.15) is 5.69 Å². The largest absolute Gasteiger partial charge is 0.433 e. The second kappa shape index (κ2) is 6.11. The zero-order valence-corrected chi connectivity index (χ0v) is 11.8. The third kappa shape index (κ3) is 4.18.